The van der Waals surface area contributed by atoms with E-state index >= 15 is 0 Å². The predicted octanol–water partition coefficient (Wildman–Crippen LogP) is 2.16. The first-order valence-electron chi connectivity index (χ1n) is 3.59. The van der Waals surface area contributed by atoms with E-state index in [-0.39, 0.29) is 0 Å². The van der Waals surface area contributed by atoms with Gasteiger partial charge < -0.3 is 0 Å². The third-order valence-corrected chi connectivity index (χ3v) is 3.78. The van der Waals surface area contributed by atoms with Crippen LogP contribution in [0.4, 0.5) is 0 Å². The summed E-state index contributed by atoms with van der Waals surface area (Å²) < 4.78 is 0. The molecule has 64 valence electrons. The summed E-state index contributed by atoms with van der Waals surface area (Å²) in [5.74, 6) is -0.795. The molecule has 0 aromatic carbocycles. The second-order valence-corrected chi connectivity index (χ2v) is 8.25. The summed E-state index contributed by atoms with van der Waals surface area (Å²) in [5, 5.41) is 9.70. The topological polar surface area (TPSA) is 37.3 Å². The fourth-order valence-corrected chi connectivity index (χ4v) is 1.98. The van der Waals surface area contributed by atoms with Gasteiger partial charge in [0.05, 0.1) is 0 Å². The third-order valence-electron chi connectivity index (χ3n) is 1.36. The van der Waals surface area contributed by atoms with Gasteiger partial charge in [0.1, 0.15) is 0 Å². The van der Waals surface area contributed by atoms with Crippen LogP contribution in [0.3, 0.4) is 0 Å². The zero-order valence-electron chi connectivity index (χ0n) is 7.29. The van der Waals surface area contributed by atoms with Gasteiger partial charge in [0, 0.05) is 0 Å². The molecule has 0 fully saturated rings. The van der Waals surface area contributed by atoms with Crippen LogP contribution in [0.25, 0.3) is 0 Å². The van der Waals surface area contributed by atoms with Gasteiger partial charge in [-0.1, -0.05) is 0 Å². The molecule has 0 saturated heterocycles. The van der Waals surface area contributed by atoms with Gasteiger partial charge in [0.15, 0.2) is 0 Å². The molecule has 0 aliphatic carbocycles. The van der Waals surface area contributed by atoms with E-state index in [4.69, 9.17) is 5.11 Å². The van der Waals surface area contributed by atoms with E-state index in [0.29, 0.717) is 5.57 Å². The fraction of sp³-hybridized carbons (Fsp3) is 0.625. The molecule has 0 heterocycles. The van der Waals surface area contributed by atoms with Crippen molar-refractivity contribution >= 4 is 20.6 Å². The molecule has 0 atom stereocenters. The Morgan fingerprint density at radius 1 is 1.55 bits per heavy atom. The Labute approximate surface area is 72.6 Å². The van der Waals surface area contributed by atoms with Crippen LogP contribution in [-0.4, -0.2) is 25.7 Å². The number of hydrogen-bond donors (Lipinski definition) is 1. The molecule has 0 saturated carbocycles. The van der Waals surface area contributed by atoms with Crippen LogP contribution in [0.15, 0.2) is 11.6 Å². The maximum atomic E-state index is 10.3. The van der Waals surface area contributed by atoms with Crippen LogP contribution in [0, 0.1) is 0 Å². The Balaban J connectivity index is 3.65. The first kappa shape index (κ1) is 10.8. The summed E-state index contributed by atoms with van der Waals surface area (Å²) >= 11 is -0.556. The summed E-state index contributed by atoms with van der Waals surface area (Å²) in [6.07, 6.45) is 2.75. The van der Waals surface area contributed by atoms with Crippen molar-refractivity contribution in [2.75, 3.05) is 0 Å². The second-order valence-electron chi connectivity index (χ2n) is 2.78. The van der Waals surface area contributed by atoms with Crippen LogP contribution in [0.2, 0.25) is 16.6 Å². The third kappa shape index (κ3) is 6.18. The van der Waals surface area contributed by atoms with E-state index in [1.165, 1.54) is 5.21 Å². The minimum absolute atomic E-state index is 0.473. The van der Waals surface area contributed by atoms with Crippen molar-refractivity contribution < 1.29 is 9.90 Å². The van der Waals surface area contributed by atoms with Gasteiger partial charge in [-0.3, -0.25) is 0 Å². The molecule has 0 aromatic rings. The second kappa shape index (κ2) is 5.42. The maximum absolute atomic E-state index is 10.3. The zero-order valence-corrected chi connectivity index (χ0v) is 9.17. The van der Waals surface area contributed by atoms with Gasteiger partial charge in [-0.15, -0.1) is 0 Å². The predicted molar refractivity (Wildman–Crippen MR) is 48.3 cm³/mol. The van der Waals surface area contributed by atoms with Crippen LogP contribution in [-0.2, 0) is 4.79 Å². The summed E-state index contributed by atoms with van der Waals surface area (Å²) in [6, 6.07) is 0. The zero-order chi connectivity index (χ0) is 8.85. The minimum atomic E-state index is -0.795. The van der Waals surface area contributed by atoms with Gasteiger partial charge in [0.25, 0.3) is 0 Å². The summed E-state index contributed by atoms with van der Waals surface area (Å²) in [4.78, 5) is 10.3. The number of hydrogen-bond acceptors (Lipinski definition) is 1. The molecule has 0 amide bonds. The van der Waals surface area contributed by atoms with E-state index in [1.807, 2.05) is 6.08 Å². The normalized spacial score (nSPS) is 12.2. The summed E-state index contributed by atoms with van der Waals surface area (Å²) in [7, 11) is 0. The van der Waals surface area contributed by atoms with Gasteiger partial charge in [0.2, 0.25) is 0 Å². The van der Waals surface area contributed by atoms with Crippen molar-refractivity contribution in [2.45, 2.75) is 30.0 Å². The van der Waals surface area contributed by atoms with E-state index < -0.39 is 20.6 Å². The standard InChI is InChI=1S/C8H15AsO2/c1-7(8(10)11)5-4-6-9(2)3/h5H,4,6H2,1-3H3,(H,10,11). The number of aliphatic carboxylic acids is 1. The van der Waals surface area contributed by atoms with Crippen molar-refractivity contribution in [3.8, 4) is 0 Å². The van der Waals surface area contributed by atoms with E-state index in [2.05, 4.69) is 11.4 Å². The fourth-order valence-electron chi connectivity index (χ4n) is 0.627. The monoisotopic (exact) mass is 218 g/mol. The van der Waals surface area contributed by atoms with E-state index in [1.54, 1.807) is 6.92 Å². The number of carboxylic acids is 1. The number of carboxylic acid groups (broad SMARTS) is 1. The number of allylic oxidation sites excluding steroid dienone is 1. The molecule has 0 aliphatic rings. The molecule has 0 unspecified atom stereocenters. The van der Waals surface area contributed by atoms with Crippen LogP contribution >= 0.6 is 0 Å². The summed E-state index contributed by atoms with van der Waals surface area (Å²) in [6.45, 7) is 1.64. The van der Waals surface area contributed by atoms with Crippen molar-refractivity contribution in [1.29, 1.82) is 0 Å². The molecule has 0 rings (SSSR count). The van der Waals surface area contributed by atoms with Crippen molar-refractivity contribution in [2.24, 2.45) is 0 Å². The molecular formula is C8H15AsO2. The molecule has 0 radical (unpaired) electrons. The van der Waals surface area contributed by atoms with E-state index in [0.717, 1.165) is 6.42 Å². The van der Waals surface area contributed by atoms with Gasteiger partial charge >= 0.3 is 72.1 Å². The van der Waals surface area contributed by atoms with Gasteiger partial charge in [-0.25, -0.2) is 0 Å². The molecular weight excluding hydrogens is 203 g/mol. The average Bonchev–Trinajstić information content (AvgIpc) is 1.86. The van der Waals surface area contributed by atoms with Gasteiger partial charge in [-0.2, -0.15) is 0 Å². The first-order valence-corrected chi connectivity index (χ1v) is 8.67. The Morgan fingerprint density at radius 2 is 2.09 bits per heavy atom. The molecule has 1 N–H and O–H groups in total. The molecule has 0 spiro atoms. The molecule has 0 aliphatic heterocycles. The van der Waals surface area contributed by atoms with Crippen LogP contribution in [0.1, 0.15) is 13.3 Å². The molecule has 3 heteroatoms. The quantitative estimate of drug-likeness (QED) is 0.580. The average molecular weight is 218 g/mol. The molecule has 11 heavy (non-hydrogen) atoms. The number of carbonyl (C=O) groups is 1. The number of rotatable bonds is 4. The SMILES string of the molecule is CC(=CCC[As](C)C)C(=O)O. The van der Waals surface area contributed by atoms with Gasteiger partial charge in [-0.05, 0) is 0 Å². The van der Waals surface area contributed by atoms with Crippen molar-refractivity contribution in [1.82, 2.24) is 0 Å². The Kier molecular flexibility index (Phi) is 5.31. The first-order chi connectivity index (χ1) is 5.04. The van der Waals surface area contributed by atoms with Crippen molar-refractivity contribution in [3.63, 3.8) is 0 Å². The Hall–Kier alpha value is -0.232. The van der Waals surface area contributed by atoms with Crippen molar-refractivity contribution in [3.05, 3.63) is 11.6 Å². The van der Waals surface area contributed by atoms with E-state index in [9.17, 15) is 4.79 Å². The Bertz CT molecular complexity index is 161. The molecule has 0 aromatic heterocycles. The molecule has 0 bridgehead atoms. The van der Waals surface area contributed by atoms with Crippen LogP contribution < -0.4 is 0 Å². The van der Waals surface area contributed by atoms with Crippen LogP contribution in [0.5, 0.6) is 0 Å². The summed E-state index contributed by atoms with van der Waals surface area (Å²) in [5.41, 5.74) is 5.02. The molecule has 2 nitrogen and oxygen atoms in total. The Morgan fingerprint density at radius 3 is 2.45 bits per heavy atom.